The summed E-state index contributed by atoms with van der Waals surface area (Å²) in [7, 11) is 0. The summed E-state index contributed by atoms with van der Waals surface area (Å²) in [5.41, 5.74) is -1.81. The van der Waals surface area contributed by atoms with Crippen LogP contribution in [0.5, 0.6) is 0 Å². The molecule has 0 amide bonds. The van der Waals surface area contributed by atoms with E-state index in [0.29, 0.717) is 25.7 Å². The van der Waals surface area contributed by atoms with Gasteiger partial charge in [-0.3, -0.25) is 14.4 Å². The lowest BCUT2D eigenvalue weighted by molar-refractivity contribution is -0.198. The summed E-state index contributed by atoms with van der Waals surface area (Å²) in [5.74, 6) is 1.87. The average molecular weight is 497 g/mol. The highest BCUT2D eigenvalue weighted by Crippen LogP contribution is 2.57. The Morgan fingerprint density at radius 2 is 1.43 bits per heavy atom. The van der Waals surface area contributed by atoms with E-state index in [2.05, 4.69) is 0 Å². The Morgan fingerprint density at radius 1 is 0.914 bits per heavy atom. The highest BCUT2D eigenvalue weighted by Gasteiger charge is 2.54. The lowest BCUT2D eigenvalue weighted by Crippen LogP contribution is -2.54. The van der Waals surface area contributed by atoms with Crippen LogP contribution in [0.2, 0.25) is 0 Å². The van der Waals surface area contributed by atoms with Crippen molar-refractivity contribution in [1.82, 2.24) is 0 Å². The Hall–Kier alpha value is -1.39. The minimum atomic E-state index is -0.773. The molecule has 5 saturated carbocycles. The molecule has 35 heavy (non-hydrogen) atoms. The van der Waals surface area contributed by atoms with Crippen LogP contribution in [0.15, 0.2) is 0 Å². The van der Waals surface area contributed by atoms with Gasteiger partial charge in [-0.2, -0.15) is 0 Å². The monoisotopic (exact) mass is 496 g/mol. The predicted octanol–water partition coefficient (Wildman–Crippen LogP) is 7.93. The molecule has 4 bridgehead atoms. The number of rotatable bonds is 7. The maximum atomic E-state index is 13.4. The first-order valence-corrected chi connectivity index (χ1v) is 12.5. The molecular formula is C30H56O5. The Bertz CT molecular complexity index is 704. The number of carbonyl (C=O) groups excluding carboxylic acids is 3. The van der Waals surface area contributed by atoms with E-state index in [9.17, 15) is 14.4 Å². The fourth-order valence-corrected chi connectivity index (χ4v) is 7.26. The molecule has 5 fully saturated rings. The number of hydrogen-bond donors (Lipinski definition) is 0. The van der Waals surface area contributed by atoms with Gasteiger partial charge < -0.3 is 9.47 Å². The first kappa shape index (κ1) is 33.6. The molecule has 5 aliphatic rings. The van der Waals surface area contributed by atoms with Crippen molar-refractivity contribution in [2.45, 2.75) is 146 Å². The summed E-state index contributed by atoms with van der Waals surface area (Å²) in [6, 6.07) is 0. The van der Waals surface area contributed by atoms with Crippen LogP contribution < -0.4 is 0 Å². The van der Waals surface area contributed by atoms with Gasteiger partial charge in [0.1, 0.15) is 17.5 Å². The Kier molecular flexibility index (Phi) is 11.7. The highest BCUT2D eigenvalue weighted by molar-refractivity contribution is 5.82. The summed E-state index contributed by atoms with van der Waals surface area (Å²) in [6.45, 7) is 7.66. The van der Waals surface area contributed by atoms with Gasteiger partial charge in [-0.05, 0) is 103 Å². The van der Waals surface area contributed by atoms with Crippen molar-refractivity contribution in [2.24, 2.45) is 28.6 Å². The number of hydrogen-bond acceptors (Lipinski definition) is 5. The molecule has 0 aliphatic heterocycles. The van der Waals surface area contributed by atoms with Crippen LogP contribution in [0.3, 0.4) is 0 Å². The van der Waals surface area contributed by atoms with E-state index in [4.69, 9.17) is 9.47 Å². The van der Waals surface area contributed by atoms with Crippen LogP contribution in [-0.4, -0.2) is 29.4 Å². The molecule has 5 heteroatoms. The summed E-state index contributed by atoms with van der Waals surface area (Å²) < 4.78 is 12.1. The quantitative estimate of drug-likeness (QED) is 0.335. The van der Waals surface area contributed by atoms with Crippen LogP contribution in [0, 0.1) is 28.6 Å². The van der Waals surface area contributed by atoms with Crippen LogP contribution in [-0.2, 0) is 23.9 Å². The summed E-state index contributed by atoms with van der Waals surface area (Å²) in [4.78, 5) is 38.2. The summed E-state index contributed by atoms with van der Waals surface area (Å²) >= 11 is 0. The molecule has 0 aromatic rings. The van der Waals surface area contributed by atoms with E-state index in [0.717, 1.165) is 49.9 Å². The van der Waals surface area contributed by atoms with E-state index >= 15 is 0 Å². The Balaban J connectivity index is 0.00000289. The van der Waals surface area contributed by atoms with Crippen molar-refractivity contribution in [1.29, 1.82) is 0 Å². The molecule has 0 spiro atoms. The smallest absolute Gasteiger partial charge is 0.312 e. The first-order chi connectivity index (χ1) is 14.5. The molecule has 0 radical (unpaired) electrons. The maximum absolute atomic E-state index is 13.4. The molecule has 5 aliphatic carbocycles. The van der Waals surface area contributed by atoms with Gasteiger partial charge in [0, 0.05) is 12.8 Å². The van der Waals surface area contributed by atoms with Gasteiger partial charge in [0.2, 0.25) is 0 Å². The van der Waals surface area contributed by atoms with Crippen LogP contribution in [0.1, 0.15) is 134 Å². The second kappa shape index (κ2) is 12.2. The maximum Gasteiger partial charge on any atom is 0.312 e. The molecule has 2 atom stereocenters. The lowest BCUT2D eigenvalue weighted by Gasteiger charge is -2.56. The van der Waals surface area contributed by atoms with Gasteiger partial charge in [-0.1, -0.05) is 36.6 Å². The molecular weight excluding hydrogens is 440 g/mol. The molecule has 5 nitrogen and oxygen atoms in total. The van der Waals surface area contributed by atoms with E-state index in [1.165, 1.54) is 19.3 Å². The molecule has 0 aromatic heterocycles. The van der Waals surface area contributed by atoms with E-state index in [-0.39, 0.29) is 59.1 Å². The summed E-state index contributed by atoms with van der Waals surface area (Å²) in [5, 5.41) is 0. The first-order valence-electron chi connectivity index (χ1n) is 12.5. The average Bonchev–Trinajstić information content (AvgIpc) is 2.66. The molecule has 206 valence electrons. The van der Waals surface area contributed by atoms with Crippen molar-refractivity contribution in [3.8, 4) is 0 Å². The van der Waals surface area contributed by atoms with Crippen molar-refractivity contribution >= 4 is 17.7 Å². The summed E-state index contributed by atoms with van der Waals surface area (Å²) in [6.07, 6.45) is 10.1. The van der Waals surface area contributed by atoms with Crippen LogP contribution in [0.4, 0.5) is 0 Å². The fourth-order valence-electron chi connectivity index (χ4n) is 7.26. The van der Waals surface area contributed by atoms with E-state index in [1.807, 2.05) is 27.7 Å². The third kappa shape index (κ3) is 7.10. The van der Waals surface area contributed by atoms with Crippen molar-refractivity contribution in [2.75, 3.05) is 0 Å². The Labute approximate surface area is 216 Å². The number of esters is 2. The SMILES string of the molecule is C.C.C.C.CCC(C)(CC(C)(C)C(=O)OC12CC3CC(CC(C3)C1)C2)C(=O)OC1CCCC(=O)C1. The second-order valence-corrected chi connectivity index (χ2v) is 12.1. The van der Waals surface area contributed by atoms with E-state index < -0.39 is 10.8 Å². The van der Waals surface area contributed by atoms with Crippen LogP contribution >= 0.6 is 0 Å². The van der Waals surface area contributed by atoms with Gasteiger partial charge in [0.25, 0.3) is 0 Å². The van der Waals surface area contributed by atoms with Gasteiger partial charge in [-0.25, -0.2) is 0 Å². The highest BCUT2D eigenvalue weighted by atomic mass is 16.6. The van der Waals surface area contributed by atoms with Crippen molar-refractivity contribution < 1.29 is 23.9 Å². The molecule has 5 rings (SSSR count). The number of Topliss-reactive ketones (excluding diaryl/α,β-unsaturated/α-hetero) is 1. The number of ether oxygens (including phenoxy) is 2. The molecule has 0 N–H and O–H groups in total. The van der Waals surface area contributed by atoms with Crippen molar-refractivity contribution in [3.05, 3.63) is 0 Å². The predicted molar refractivity (Wildman–Crippen MR) is 144 cm³/mol. The second-order valence-electron chi connectivity index (χ2n) is 12.1. The number of carbonyl (C=O) groups is 3. The molecule has 0 heterocycles. The molecule has 0 saturated heterocycles. The normalized spacial score (nSPS) is 32.5. The van der Waals surface area contributed by atoms with Gasteiger partial charge in [0.15, 0.2) is 0 Å². The zero-order chi connectivity index (χ0) is 22.4. The van der Waals surface area contributed by atoms with Gasteiger partial charge in [-0.15, -0.1) is 0 Å². The minimum absolute atomic E-state index is 0. The topological polar surface area (TPSA) is 69.7 Å². The molecule has 2 unspecified atom stereocenters. The standard InChI is InChI=1S/C26H40O5.4CH4/c1-5-25(4,23(29)30-21-8-6-7-20(27)12-21)16-24(2,3)22(28)31-26-13-17-9-18(14-26)11-19(10-17)15-26;;;;/h17-19,21H,5-16H2,1-4H3;4*1H4. The van der Waals surface area contributed by atoms with Crippen molar-refractivity contribution in [3.63, 3.8) is 0 Å². The lowest BCUT2D eigenvalue weighted by atomic mass is 9.54. The zero-order valence-corrected chi connectivity index (χ0v) is 19.8. The largest absolute Gasteiger partial charge is 0.461 e. The number of ketones is 1. The third-order valence-corrected chi connectivity index (χ3v) is 8.66. The molecule has 0 aromatic carbocycles. The van der Waals surface area contributed by atoms with Gasteiger partial charge in [0.05, 0.1) is 10.8 Å². The minimum Gasteiger partial charge on any atom is -0.461 e. The van der Waals surface area contributed by atoms with Crippen LogP contribution in [0.25, 0.3) is 0 Å². The van der Waals surface area contributed by atoms with E-state index in [1.54, 1.807) is 0 Å². The Morgan fingerprint density at radius 3 is 1.89 bits per heavy atom. The third-order valence-electron chi connectivity index (χ3n) is 8.66. The van der Waals surface area contributed by atoms with Gasteiger partial charge >= 0.3 is 11.9 Å². The zero-order valence-electron chi connectivity index (χ0n) is 19.8. The fraction of sp³-hybridized carbons (Fsp3) is 0.900.